The van der Waals surface area contributed by atoms with Crippen molar-refractivity contribution in [2.24, 2.45) is 5.92 Å². The van der Waals surface area contributed by atoms with E-state index in [9.17, 15) is 17.6 Å². The summed E-state index contributed by atoms with van der Waals surface area (Å²) in [5.74, 6) is -0.411. The molecule has 1 aliphatic rings. The molecule has 3 rings (SSSR count). The summed E-state index contributed by atoms with van der Waals surface area (Å²) in [4.78, 5) is 14.3. The number of benzene rings is 2. The number of amides is 1. The van der Waals surface area contributed by atoms with Gasteiger partial charge < -0.3 is 10.2 Å². The molecule has 6 nitrogen and oxygen atoms in total. The summed E-state index contributed by atoms with van der Waals surface area (Å²) in [6, 6.07) is 12.5. The highest BCUT2D eigenvalue weighted by atomic mass is 35.5. The van der Waals surface area contributed by atoms with Crippen LogP contribution in [-0.2, 0) is 14.8 Å². The van der Waals surface area contributed by atoms with E-state index in [1.165, 1.54) is 22.5 Å². The predicted octanol–water partition coefficient (Wildman–Crippen LogP) is 3.30. The smallest absolute Gasteiger partial charge is 0.243 e. The van der Waals surface area contributed by atoms with Crippen molar-refractivity contribution in [2.45, 2.75) is 24.8 Å². The molecule has 0 spiro atoms. The molecule has 2 aromatic rings. The van der Waals surface area contributed by atoms with Gasteiger partial charge in [0.25, 0.3) is 0 Å². The number of nitrogens with zero attached hydrogens (tertiary/aromatic N) is 2. The van der Waals surface area contributed by atoms with E-state index in [0.717, 1.165) is 11.6 Å². The molecule has 1 aliphatic heterocycles. The molecule has 0 bridgehead atoms. The maximum absolute atomic E-state index is 13.4. The van der Waals surface area contributed by atoms with Gasteiger partial charge in [0.15, 0.2) is 0 Å². The Morgan fingerprint density at radius 2 is 1.74 bits per heavy atom. The fourth-order valence-corrected chi connectivity index (χ4v) is 5.25. The molecule has 0 aromatic heterocycles. The van der Waals surface area contributed by atoms with Crippen LogP contribution in [0.15, 0.2) is 53.4 Å². The van der Waals surface area contributed by atoms with E-state index in [1.807, 2.05) is 24.3 Å². The predicted molar refractivity (Wildman–Crippen MR) is 119 cm³/mol. The van der Waals surface area contributed by atoms with Crippen molar-refractivity contribution in [1.82, 2.24) is 14.5 Å². The second-order valence-corrected chi connectivity index (χ2v) is 10.3. The first-order valence-corrected chi connectivity index (χ1v) is 12.0. The van der Waals surface area contributed by atoms with Gasteiger partial charge in [0, 0.05) is 37.2 Å². The van der Waals surface area contributed by atoms with Gasteiger partial charge in [0.1, 0.15) is 5.82 Å². The Hall–Kier alpha value is -2.00. The second-order valence-electron chi connectivity index (χ2n) is 7.90. The van der Waals surface area contributed by atoms with Crippen molar-refractivity contribution in [3.05, 3.63) is 64.9 Å². The molecule has 1 N–H and O–H groups in total. The minimum atomic E-state index is -3.78. The third-order valence-electron chi connectivity index (χ3n) is 5.39. The normalized spacial score (nSPS) is 16.5. The Labute approximate surface area is 188 Å². The third-order valence-corrected chi connectivity index (χ3v) is 7.54. The van der Waals surface area contributed by atoms with E-state index >= 15 is 0 Å². The minimum Gasteiger partial charge on any atom is -0.339 e. The van der Waals surface area contributed by atoms with Gasteiger partial charge >= 0.3 is 0 Å². The highest BCUT2D eigenvalue weighted by molar-refractivity contribution is 7.89. The van der Waals surface area contributed by atoms with Crippen molar-refractivity contribution in [2.75, 3.05) is 32.7 Å². The number of carbonyl (C=O) groups is 1. The molecule has 31 heavy (non-hydrogen) atoms. The lowest BCUT2D eigenvalue weighted by Gasteiger charge is -2.34. The molecule has 1 amide bonds. The van der Waals surface area contributed by atoms with Crippen LogP contribution in [0.25, 0.3) is 0 Å². The van der Waals surface area contributed by atoms with Gasteiger partial charge in [-0.05, 0) is 41.8 Å². The van der Waals surface area contributed by atoms with Crippen LogP contribution in [0.3, 0.4) is 0 Å². The van der Waals surface area contributed by atoms with Gasteiger partial charge in [-0.2, -0.15) is 4.31 Å². The van der Waals surface area contributed by atoms with Gasteiger partial charge in [-0.25, -0.2) is 12.8 Å². The van der Waals surface area contributed by atoms with E-state index in [2.05, 4.69) is 19.2 Å². The Kier molecular flexibility index (Phi) is 7.69. The van der Waals surface area contributed by atoms with E-state index in [0.29, 0.717) is 18.1 Å². The number of halogens is 2. The summed E-state index contributed by atoms with van der Waals surface area (Å²) in [6.45, 7) is 5.25. The number of nitrogens with one attached hydrogen (secondary N) is 1. The second kappa shape index (κ2) is 10.1. The molecule has 9 heteroatoms. The van der Waals surface area contributed by atoms with Gasteiger partial charge in [0.05, 0.1) is 11.4 Å². The van der Waals surface area contributed by atoms with Crippen LogP contribution >= 0.6 is 11.6 Å². The first-order valence-electron chi connectivity index (χ1n) is 10.2. The number of sulfonamides is 1. The average molecular weight is 468 g/mol. The van der Waals surface area contributed by atoms with Crippen molar-refractivity contribution >= 4 is 27.5 Å². The van der Waals surface area contributed by atoms with Crippen LogP contribution in [-0.4, -0.2) is 56.3 Å². The summed E-state index contributed by atoms with van der Waals surface area (Å²) >= 11 is 5.97. The molecule has 1 unspecified atom stereocenters. The van der Waals surface area contributed by atoms with E-state index in [1.54, 1.807) is 4.90 Å². The van der Waals surface area contributed by atoms with E-state index in [-0.39, 0.29) is 42.4 Å². The van der Waals surface area contributed by atoms with E-state index < -0.39 is 15.8 Å². The lowest BCUT2D eigenvalue weighted by Crippen LogP contribution is -2.52. The Morgan fingerprint density at radius 3 is 2.32 bits per heavy atom. The van der Waals surface area contributed by atoms with Crippen LogP contribution in [0.4, 0.5) is 4.39 Å². The van der Waals surface area contributed by atoms with Crippen LogP contribution in [0, 0.1) is 11.7 Å². The number of rotatable bonds is 7. The van der Waals surface area contributed by atoms with Crippen LogP contribution in [0.5, 0.6) is 0 Å². The Balaban J connectivity index is 1.56. The monoisotopic (exact) mass is 467 g/mol. The SMILES string of the molecule is CC(C)C(NCC(=O)N1CCN(S(=O)(=O)c2cccc(F)c2)CC1)c1ccc(Cl)cc1. The van der Waals surface area contributed by atoms with Crippen molar-refractivity contribution in [3.8, 4) is 0 Å². The minimum absolute atomic E-state index is 0.00383. The van der Waals surface area contributed by atoms with Gasteiger partial charge in [-0.3, -0.25) is 4.79 Å². The summed E-state index contributed by atoms with van der Waals surface area (Å²) < 4.78 is 40.2. The molecule has 1 fully saturated rings. The maximum atomic E-state index is 13.4. The first kappa shape index (κ1) is 23.7. The number of carbonyl (C=O) groups excluding carboxylic acids is 1. The lowest BCUT2D eigenvalue weighted by molar-refractivity contribution is -0.131. The molecule has 1 atom stereocenters. The molecule has 1 heterocycles. The summed E-state index contributed by atoms with van der Waals surface area (Å²) in [5.41, 5.74) is 1.05. The summed E-state index contributed by atoms with van der Waals surface area (Å²) in [6.07, 6.45) is 0. The zero-order chi connectivity index (χ0) is 22.6. The molecular formula is C22H27ClFN3O3S. The average Bonchev–Trinajstić information content (AvgIpc) is 2.75. The van der Waals surface area contributed by atoms with Crippen molar-refractivity contribution in [3.63, 3.8) is 0 Å². The van der Waals surface area contributed by atoms with Gasteiger partial charge in [-0.15, -0.1) is 0 Å². The zero-order valence-corrected chi connectivity index (χ0v) is 19.2. The van der Waals surface area contributed by atoms with Crippen molar-refractivity contribution < 1.29 is 17.6 Å². The van der Waals surface area contributed by atoms with Crippen molar-refractivity contribution in [1.29, 1.82) is 0 Å². The molecule has 2 aromatic carbocycles. The van der Waals surface area contributed by atoms with Gasteiger partial charge in [0.2, 0.25) is 15.9 Å². The highest BCUT2D eigenvalue weighted by Crippen LogP contribution is 2.23. The fraction of sp³-hybridized carbons (Fsp3) is 0.409. The fourth-order valence-electron chi connectivity index (χ4n) is 3.67. The summed E-state index contributed by atoms with van der Waals surface area (Å²) in [7, 11) is -3.78. The number of hydrogen-bond donors (Lipinski definition) is 1. The Bertz CT molecular complexity index is 1010. The van der Waals surface area contributed by atoms with Crippen LogP contribution in [0.1, 0.15) is 25.5 Å². The maximum Gasteiger partial charge on any atom is 0.243 e. The van der Waals surface area contributed by atoms with E-state index in [4.69, 9.17) is 11.6 Å². The topological polar surface area (TPSA) is 69.7 Å². The van der Waals surface area contributed by atoms with Gasteiger partial charge in [-0.1, -0.05) is 43.6 Å². The summed E-state index contributed by atoms with van der Waals surface area (Å²) in [5, 5.41) is 3.98. The molecule has 168 valence electrons. The largest absolute Gasteiger partial charge is 0.339 e. The molecular weight excluding hydrogens is 441 g/mol. The Morgan fingerprint density at radius 1 is 1.10 bits per heavy atom. The highest BCUT2D eigenvalue weighted by Gasteiger charge is 2.30. The molecule has 1 saturated heterocycles. The molecule has 0 saturated carbocycles. The number of hydrogen-bond acceptors (Lipinski definition) is 4. The molecule has 0 aliphatic carbocycles. The van der Waals surface area contributed by atoms with Crippen LogP contribution < -0.4 is 5.32 Å². The zero-order valence-electron chi connectivity index (χ0n) is 17.6. The van der Waals surface area contributed by atoms with Crippen LogP contribution in [0.2, 0.25) is 5.02 Å². The first-order chi connectivity index (χ1) is 14.7. The molecule has 0 radical (unpaired) electrons. The standard InChI is InChI=1S/C22H27ClFN3O3S/c1-16(2)22(17-6-8-18(23)9-7-17)25-15-21(28)26-10-12-27(13-11-26)31(29,30)20-5-3-4-19(24)14-20/h3-9,14,16,22,25H,10-13,15H2,1-2H3. The third kappa shape index (κ3) is 5.83. The quantitative estimate of drug-likeness (QED) is 0.678. The lowest BCUT2D eigenvalue weighted by atomic mass is 9.96. The number of piperazine rings is 1.